The molecule has 3 rings (SSSR count). The fraction of sp³-hybridized carbons (Fsp3) is 0.481. The summed E-state index contributed by atoms with van der Waals surface area (Å²) in [6.07, 6.45) is 11.4. The molecule has 1 aromatic heterocycles. The van der Waals surface area contributed by atoms with Crippen molar-refractivity contribution in [1.29, 1.82) is 0 Å². The number of fused-ring (bicyclic) bond motifs is 1. The number of allylic oxidation sites excluding steroid dienone is 3. The third-order valence-corrected chi connectivity index (χ3v) is 8.21. The Balaban J connectivity index is 1.56. The van der Waals surface area contributed by atoms with E-state index in [1.807, 2.05) is 56.4 Å². The lowest BCUT2D eigenvalue weighted by molar-refractivity contribution is -0.137. The summed E-state index contributed by atoms with van der Waals surface area (Å²) in [5, 5.41) is 21.1. The monoisotopic (exact) mass is 488 g/mol. The Morgan fingerprint density at radius 3 is 2.79 bits per heavy atom. The molecule has 0 bridgehead atoms. The highest BCUT2D eigenvalue weighted by atomic mass is 35.5. The third kappa shape index (κ3) is 6.78. The molecule has 178 valence electrons. The lowest BCUT2D eigenvalue weighted by atomic mass is 9.88. The minimum absolute atomic E-state index is 0.0960. The first-order valence-corrected chi connectivity index (χ1v) is 12.8. The smallest absolute Gasteiger partial charge is 0.303 e. The summed E-state index contributed by atoms with van der Waals surface area (Å²) >= 11 is 8.20. The van der Waals surface area contributed by atoms with Crippen molar-refractivity contribution in [2.75, 3.05) is 0 Å². The van der Waals surface area contributed by atoms with Gasteiger partial charge in [-0.05, 0) is 50.5 Å². The van der Waals surface area contributed by atoms with Crippen LogP contribution in [-0.4, -0.2) is 28.1 Å². The summed E-state index contributed by atoms with van der Waals surface area (Å²) in [6, 6.07) is 8.07. The van der Waals surface area contributed by atoms with Crippen molar-refractivity contribution < 1.29 is 19.8 Å². The summed E-state index contributed by atoms with van der Waals surface area (Å²) in [5.74, 6) is -0.525. The van der Waals surface area contributed by atoms with Crippen LogP contribution in [0.4, 0.5) is 0 Å². The number of carbonyl (C=O) groups is 2. The minimum Gasteiger partial charge on any atom is -0.481 e. The number of hydrogen-bond donors (Lipinski definition) is 2. The Kier molecular flexibility index (Phi) is 8.91. The van der Waals surface area contributed by atoms with Crippen molar-refractivity contribution in [1.82, 2.24) is 0 Å². The molecule has 1 aromatic carbocycles. The van der Waals surface area contributed by atoms with Crippen LogP contribution in [0.1, 0.15) is 57.2 Å². The van der Waals surface area contributed by atoms with Gasteiger partial charge in [-0.3, -0.25) is 9.59 Å². The van der Waals surface area contributed by atoms with Gasteiger partial charge in [0.1, 0.15) is 5.78 Å². The minimum atomic E-state index is -0.783. The SMILES string of the molecule is CC1(C)CC(C=CC(O)CCc2sc3ccccc3c2Cl)C(CC=CCCCC(=O)O)C1=O. The van der Waals surface area contributed by atoms with Crippen LogP contribution in [0.5, 0.6) is 0 Å². The average Bonchev–Trinajstić information content (AvgIpc) is 3.20. The summed E-state index contributed by atoms with van der Waals surface area (Å²) in [4.78, 5) is 24.6. The highest BCUT2D eigenvalue weighted by Crippen LogP contribution is 2.44. The van der Waals surface area contributed by atoms with Crippen LogP contribution in [0, 0.1) is 17.3 Å². The molecular formula is C27H33ClO4S. The highest BCUT2D eigenvalue weighted by molar-refractivity contribution is 7.19. The fourth-order valence-corrected chi connectivity index (χ4v) is 6.16. The molecule has 0 aliphatic heterocycles. The van der Waals surface area contributed by atoms with Crippen LogP contribution >= 0.6 is 22.9 Å². The van der Waals surface area contributed by atoms with Gasteiger partial charge in [-0.2, -0.15) is 0 Å². The van der Waals surface area contributed by atoms with Crippen molar-refractivity contribution >= 4 is 44.8 Å². The van der Waals surface area contributed by atoms with Gasteiger partial charge >= 0.3 is 5.97 Å². The molecule has 0 radical (unpaired) electrons. The molecule has 6 heteroatoms. The predicted octanol–water partition coefficient (Wildman–Crippen LogP) is 6.84. The van der Waals surface area contributed by atoms with Crippen LogP contribution in [0.3, 0.4) is 0 Å². The normalized spacial score (nSPS) is 21.5. The number of Topliss-reactive ketones (excluding diaryl/α,β-unsaturated/α-hetero) is 1. The van der Waals surface area contributed by atoms with Gasteiger partial charge in [-0.15, -0.1) is 11.3 Å². The molecule has 4 nitrogen and oxygen atoms in total. The largest absolute Gasteiger partial charge is 0.481 e. The number of aliphatic carboxylic acids is 1. The number of halogens is 1. The zero-order valence-electron chi connectivity index (χ0n) is 19.3. The van der Waals surface area contributed by atoms with Crippen LogP contribution in [0.2, 0.25) is 5.02 Å². The number of aliphatic hydroxyl groups is 1. The van der Waals surface area contributed by atoms with Gasteiger partial charge in [0.05, 0.1) is 11.1 Å². The zero-order chi connectivity index (χ0) is 24.0. The van der Waals surface area contributed by atoms with Gasteiger partial charge in [0.25, 0.3) is 0 Å². The summed E-state index contributed by atoms with van der Waals surface area (Å²) in [5.41, 5.74) is -0.369. The second-order valence-corrected chi connectivity index (χ2v) is 11.1. The van der Waals surface area contributed by atoms with E-state index in [0.717, 1.165) is 26.4 Å². The molecular weight excluding hydrogens is 456 g/mol. The van der Waals surface area contributed by atoms with E-state index in [1.165, 1.54) is 0 Å². The molecule has 0 spiro atoms. The maximum atomic E-state index is 12.9. The summed E-state index contributed by atoms with van der Waals surface area (Å²) < 4.78 is 1.16. The fourth-order valence-electron chi connectivity index (χ4n) is 4.62. The predicted molar refractivity (Wildman–Crippen MR) is 136 cm³/mol. The molecule has 1 saturated carbocycles. The van der Waals surface area contributed by atoms with Gasteiger partial charge in [-0.25, -0.2) is 0 Å². The van der Waals surface area contributed by atoms with Gasteiger partial charge in [0.2, 0.25) is 0 Å². The van der Waals surface area contributed by atoms with Crippen molar-refractivity contribution in [2.45, 2.75) is 64.9 Å². The summed E-state index contributed by atoms with van der Waals surface area (Å²) in [6.45, 7) is 3.99. The van der Waals surface area contributed by atoms with Crippen molar-refractivity contribution in [3.05, 3.63) is 58.5 Å². The number of rotatable bonds is 11. The maximum absolute atomic E-state index is 12.9. The Labute approximate surface area is 205 Å². The van der Waals surface area contributed by atoms with Crippen LogP contribution in [0.15, 0.2) is 48.6 Å². The van der Waals surface area contributed by atoms with Crippen molar-refractivity contribution in [3.63, 3.8) is 0 Å². The van der Waals surface area contributed by atoms with E-state index in [1.54, 1.807) is 11.3 Å². The molecule has 1 aliphatic rings. The van der Waals surface area contributed by atoms with E-state index >= 15 is 0 Å². The number of aliphatic hydroxyl groups excluding tert-OH is 1. The van der Waals surface area contributed by atoms with E-state index in [-0.39, 0.29) is 29.5 Å². The Morgan fingerprint density at radius 2 is 2.06 bits per heavy atom. The molecule has 0 amide bonds. The molecule has 3 unspecified atom stereocenters. The molecule has 33 heavy (non-hydrogen) atoms. The number of thiophene rings is 1. The topological polar surface area (TPSA) is 74.6 Å². The van der Waals surface area contributed by atoms with E-state index in [4.69, 9.17) is 16.7 Å². The molecule has 1 fully saturated rings. The van der Waals surface area contributed by atoms with Crippen LogP contribution in [0.25, 0.3) is 10.1 Å². The highest BCUT2D eigenvalue weighted by Gasteiger charge is 2.45. The first kappa shape index (κ1) is 25.7. The number of carboxylic acids is 1. The van der Waals surface area contributed by atoms with Crippen LogP contribution < -0.4 is 0 Å². The lowest BCUT2D eigenvalue weighted by Crippen LogP contribution is -2.21. The lowest BCUT2D eigenvalue weighted by Gasteiger charge is -2.14. The number of carbonyl (C=O) groups excluding carboxylic acids is 1. The van der Waals surface area contributed by atoms with E-state index in [9.17, 15) is 14.7 Å². The second kappa shape index (κ2) is 11.5. The first-order valence-electron chi connectivity index (χ1n) is 11.6. The molecule has 2 aromatic rings. The Hall–Kier alpha value is -1.95. The van der Waals surface area contributed by atoms with Gasteiger partial charge in [0.15, 0.2) is 0 Å². The van der Waals surface area contributed by atoms with E-state index in [0.29, 0.717) is 32.1 Å². The van der Waals surface area contributed by atoms with Crippen molar-refractivity contribution in [2.24, 2.45) is 17.3 Å². The molecule has 3 atom stereocenters. The van der Waals surface area contributed by atoms with E-state index < -0.39 is 12.1 Å². The number of aryl methyl sites for hydroxylation is 1. The number of ketones is 1. The molecule has 0 saturated heterocycles. The van der Waals surface area contributed by atoms with Crippen molar-refractivity contribution in [3.8, 4) is 0 Å². The van der Waals surface area contributed by atoms with Crippen LogP contribution in [-0.2, 0) is 16.0 Å². The number of benzene rings is 1. The van der Waals surface area contributed by atoms with Gasteiger partial charge in [0, 0.05) is 32.7 Å². The Bertz CT molecular complexity index is 1040. The second-order valence-electron chi connectivity index (χ2n) is 9.54. The number of unbranched alkanes of at least 4 members (excludes halogenated alkanes) is 1. The maximum Gasteiger partial charge on any atom is 0.303 e. The van der Waals surface area contributed by atoms with Gasteiger partial charge in [-0.1, -0.05) is 68.0 Å². The zero-order valence-corrected chi connectivity index (χ0v) is 20.9. The van der Waals surface area contributed by atoms with Gasteiger partial charge < -0.3 is 10.2 Å². The average molecular weight is 489 g/mol. The molecule has 1 aliphatic carbocycles. The Morgan fingerprint density at radius 1 is 1.30 bits per heavy atom. The number of carboxylic acid groups (broad SMARTS) is 1. The third-order valence-electron chi connectivity index (χ3n) is 6.43. The molecule has 2 N–H and O–H groups in total. The number of hydrogen-bond acceptors (Lipinski definition) is 4. The first-order chi connectivity index (χ1) is 15.7. The summed E-state index contributed by atoms with van der Waals surface area (Å²) in [7, 11) is 0. The standard InChI is InChI=1S/C27H33ClO4S/c1-27(2)17-18(20(26(27)32)9-5-3-4-6-12-24(30)31)13-14-19(29)15-16-23-25(28)21-10-7-8-11-22(21)33-23/h3,5,7-8,10-11,13-14,18-20,29H,4,6,9,12,15-17H2,1-2H3,(H,30,31). The quantitative estimate of drug-likeness (QED) is 0.268. The molecule has 1 heterocycles. The van der Waals surface area contributed by atoms with E-state index in [2.05, 4.69) is 6.07 Å².